The van der Waals surface area contributed by atoms with Gasteiger partial charge in [0.2, 0.25) is 5.91 Å². The number of rotatable bonds is 5. The molecule has 0 atom stereocenters. The van der Waals surface area contributed by atoms with E-state index in [1.54, 1.807) is 6.92 Å². The first-order chi connectivity index (χ1) is 11.0. The minimum absolute atomic E-state index is 0.0157. The molecule has 0 aliphatic heterocycles. The summed E-state index contributed by atoms with van der Waals surface area (Å²) in [6, 6.07) is 5.40. The third-order valence-corrected chi connectivity index (χ3v) is 2.69. The minimum atomic E-state index is -0.517. The van der Waals surface area contributed by atoms with Crippen molar-refractivity contribution in [1.29, 1.82) is 0 Å². The van der Waals surface area contributed by atoms with Crippen molar-refractivity contribution in [3.63, 3.8) is 0 Å². The molecule has 0 fully saturated rings. The average molecular weight is 315 g/mol. The van der Waals surface area contributed by atoms with Crippen LogP contribution in [0.4, 0.5) is 10.1 Å². The zero-order valence-corrected chi connectivity index (χ0v) is 12.3. The predicted octanol–water partition coefficient (Wildman–Crippen LogP) is 1.75. The lowest BCUT2D eigenvalue weighted by Crippen LogP contribution is -2.22. The van der Waals surface area contributed by atoms with Crippen molar-refractivity contribution in [2.24, 2.45) is 5.10 Å². The maximum Gasteiger partial charge on any atom is 0.291 e. The lowest BCUT2D eigenvalue weighted by molar-refractivity contribution is -0.115. The van der Waals surface area contributed by atoms with Crippen molar-refractivity contribution < 1.29 is 14.0 Å². The Morgan fingerprint density at radius 3 is 2.61 bits per heavy atom. The van der Waals surface area contributed by atoms with E-state index in [1.807, 2.05) is 0 Å². The topological polar surface area (TPSA) is 96.3 Å². The zero-order valence-electron chi connectivity index (χ0n) is 12.3. The number of amides is 2. The van der Waals surface area contributed by atoms with Crippen LogP contribution in [0.3, 0.4) is 0 Å². The van der Waals surface area contributed by atoms with E-state index >= 15 is 0 Å². The van der Waals surface area contributed by atoms with Crippen molar-refractivity contribution in [2.45, 2.75) is 13.3 Å². The highest BCUT2D eigenvalue weighted by Gasteiger charge is 2.08. The maximum atomic E-state index is 12.8. The summed E-state index contributed by atoms with van der Waals surface area (Å²) in [5.41, 5.74) is 3.30. The fourth-order valence-corrected chi connectivity index (χ4v) is 1.63. The molecule has 1 aromatic heterocycles. The van der Waals surface area contributed by atoms with Crippen LogP contribution in [-0.4, -0.2) is 27.5 Å². The van der Waals surface area contributed by atoms with Crippen LogP contribution >= 0.6 is 0 Å². The van der Waals surface area contributed by atoms with Crippen molar-refractivity contribution in [3.8, 4) is 0 Å². The van der Waals surface area contributed by atoms with Gasteiger partial charge >= 0.3 is 0 Å². The van der Waals surface area contributed by atoms with Gasteiger partial charge in [0.25, 0.3) is 5.91 Å². The highest BCUT2D eigenvalue weighted by molar-refractivity contribution is 6.06. The fourth-order valence-electron chi connectivity index (χ4n) is 1.63. The molecule has 0 unspecified atom stereocenters. The van der Waals surface area contributed by atoms with Crippen molar-refractivity contribution in [3.05, 3.63) is 54.4 Å². The Hall–Kier alpha value is -3.16. The predicted molar refractivity (Wildman–Crippen MR) is 82.3 cm³/mol. The summed E-state index contributed by atoms with van der Waals surface area (Å²) in [7, 11) is 0. The first-order valence-electron chi connectivity index (χ1n) is 6.69. The van der Waals surface area contributed by atoms with Crippen molar-refractivity contribution in [2.75, 3.05) is 5.32 Å². The molecule has 2 amide bonds. The summed E-state index contributed by atoms with van der Waals surface area (Å²) in [6.45, 7) is 1.60. The van der Waals surface area contributed by atoms with Gasteiger partial charge in [0.05, 0.1) is 12.6 Å². The quantitative estimate of drug-likeness (QED) is 0.649. The molecule has 2 N–H and O–H groups in total. The van der Waals surface area contributed by atoms with Crippen LogP contribution in [0.1, 0.15) is 23.8 Å². The number of aromatic nitrogens is 2. The molecule has 23 heavy (non-hydrogen) atoms. The molecule has 2 rings (SSSR count). The number of hydrogen-bond acceptors (Lipinski definition) is 5. The number of hydrazone groups is 1. The van der Waals surface area contributed by atoms with Gasteiger partial charge in [-0.3, -0.25) is 14.6 Å². The highest BCUT2D eigenvalue weighted by Crippen LogP contribution is 2.08. The van der Waals surface area contributed by atoms with Gasteiger partial charge in [-0.1, -0.05) is 0 Å². The van der Waals surface area contributed by atoms with Gasteiger partial charge in [-0.15, -0.1) is 0 Å². The van der Waals surface area contributed by atoms with Crippen LogP contribution in [0, 0.1) is 5.82 Å². The van der Waals surface area contributed by atoms with Gasteiger partial charge in [-0.05, 0) is 31.2 Å². The Bertz CT molecular complexity index is 716. The number of nitrogens with one attached hydrogen (secondary N) is 2. The summed E-state index contributed by atoms with van der Waals surface area (Å²) in [6.07, 6.45) is 4.13. The summed E-state index contributed by atoms with van der Waals surface area (Å²) in [5, 5.41) is 6.42. The number of anilines is 1. The Morgan fingerprint density at radius 2 is 1.96 bits per heavy atom. The second-order valence-electron chi connectivity index (χ2n) is 4.61. The third-order valence-electron chi connectivity index (χ3n) is 2.69. The largest absolute Gasteiger partial charge is 0.326 e. The standard InChI is InChI=1S/C15H14FN5O2/c1-10(20-21-15(23)13-9-17-6-7-18-13)8-14(22)19-12-4-2-11(16)3-5-12/h2-7,9H,8H2,1H3,(H,19,22)(H,21,23)/b20-10+. The molecular formula is C15H14FN5O2. The number of carbonyl (C=O) groups is 2. The summed E-state index contributed by atoms with van der Waals surface area (Å²) >= 11 is 0. The summed E-state index contributed by atoms with van der Waals surface area (Å²) in [4.78, 5) is 31.1. The molecule has 8 heteroatoms. The van der Waals surface area contributed by atoms with Crippen LogP contribution in [0.25, 0.3) is 0 Å². The summed E-state index contributed by atoms with van der Waals surface area (Å²) < 4.78 is 12.8. The Balaban J connectivity index is 1.85. The Morgan fingerprint density at radius 1 is 1.22 bits per heavy atom. The van der Waals surface area contributed by atoms with E-state index < -0.39 is 5.91 Å². The van der Waals surface area contributed by atoms with Crippen LogP contribution in [0.15, 0.2) is 48.0 Å². The molecular weight excluding hydrogens is 301 g/mol. The zero-order chi connectivity index (χ0) is 16.7. The van der Waals surface area contributed by atoms with Gasteiger partial charge in [-0.25, -0.2) is 14.8 Å². The van der Waals surface area contributed by atoms with Crippen molar-refractivity contribution in [1.82, 2.24) is 15.4 Å². The second-order valence-corrected chi connectivity index (χ2v) is 4.61. The second kappa shape index (κ2) is 7.74. The molecule has 118 valence electrons. The molecule has 1 heterocycles. The number of hydrogen-bond donors (Lipinski definition) is 2. The first-order valence-corrected chi connectivity index (χ1v) is 6.69. The van der Waals surface area contributed by atoms with E-state index in [2.05, 4.69) is 25.8 Å². The number of halogens is 1. The smallest absolute Gasteiger partial charge is 0.291 e. The van der Waals surface area contributed by atoms with Gasteiger partial charge in [0.15, 0.2) is 0 Å². The van der Waals surface area contributed by atoms with E-state index in [4.69, 9.17) is 0 Å². The lowest BCUT2D eigenvalue weighted by Gasteiger charge is -2.05. The molecule has 0 saturated heterocycles. The van der Waals surface area contributed by atoms with Crippen LogP contribution in [0.5, 0.6) is 0 Å². The summed E-state index contributed by atoms with van der Waals surface area (Å²) in [5.74, 6) is -1.23. The third kappa shape index (κ3) is 5.27. The van der Waals surface area contributed by atoms with Gasteiger partial charge in [0.1, 0.15) is 11.5 Å². The van der Waals surface area contributed by atoms with Crippen LogP contribution in [0.2, 0.25) is 0 Å². The molecule has 0 aliphatic carbocycles. The first kappa shape index (κ1) is 16.2. The van der Waals surface area contributed by atoms with Gasteiger partial charge < -0.3 is 5.32 Å². The maximum absolute atomic E-state index is 12.8. The SMILES string of the molecule is C/C(CC(=O)Nc1ccc(F)cc1)=N\NC(=O)c1cnccn1. The van der Waals surface area contributed by atoms with E-state index in [1.165, 1.54) is 42.9 Å². The normalized spacial score (nSPS) is 11.0. The molecule has 0 radical (unpaired) electrons. The van der Waals surface area contributed by atoms with Gasteiger partial charge in [-0.2, -0.15) is 5.10 Å². The average Bonchev–Trinajstić information content (AvgIpc) is 2.55. The van der Waals surface area contributed by atoms with Crippen LogP contribution < -0.4 is 10.7 Å². The highest BCUT2D eigenvalue weighted by atomic mass is 19.1. The van der Waals surface area contributed by atoms with Gasteiger partial charge in [0, 0.05) is 23.8 Å². The van der Waals surface area contributed by atoms with E-state index in [9.17, 15) is 14.0 Å². The fraction of sp³-hybridized carbons (Fsp3) is 0.133. The molecule has 2 aromatic rings. The lowest BCUT2D eigenvalue weighted by atomic mass is 10.2. The minimum Gasteiger partial charge on any atom is -0.326 e. The Labute approximate surface area is 131 Å². The van der Waals surface area contributed by atoms with E-state index in [0.29, 0.717) is 11.4 Å². The Kier molecular flexibility index (Phi) is 5.45. The monoisotopic (exact) mass is 315 g/mol. The molecule has 0 bridgehead atoms. The van der Waals surface area contributed by atoms with E-state index in [-0.39, 0.29) is 23.8 Å². The molecule has 0 saturated carbocycles. The molecule has 0 spiro atoms. The number of nitrogens with zero attached hydrogens (tertiary/aromatic N) is 3. The number of benzene rings is 1. The molecule has 1 aromatic carbocycles. The van der Waals surface area contributed by atoms with Crippen molar-refractivity contribution >= 4 is 23.2 Å². The van der Waals surface area contributed by atoms with Crippen LogP contribution in [-0.2, 0) is 4.79 Å². The molecule has 0 aliphatic rings. The van der Waals surface area contributed by atoms with E-state index in [0.717, 1.165) is 0 Å². The number of carbonyl (C=O) groups excluding carboxylic acids is 2. The molecule has 7 nitrogen and oxygen atoms in total.